The molecule has 1 fully saturated rings. The van der Waals surface area contributed by atoms with Crippen LogP contribution in [0.15, 0.2) is 35.2 Å². The summed E-state index contributed by atoms with van der Waals surface area (Å²) in [5, 5.41) is 5.62. The third-order valence-corrected chi connectivity index (χ3v) is 8.54. The van der Waals surface area contributed by atoms with Gasteiger partial charge in [0, 0.05) is 41.6 Å². The molecule has 0 N–H and O–H groups in total. The van der Waals surface area contributed by atoms with Gasteiger partial charge in [-0.3, -0.25) is 19.1 Å². The van der Waals surface area contributed by atoms with Crippen molar-refractivity contribution < 1.29 is 18.8 Å². The molecule has 1 saturated heterocycles. The Morgan fingerprint density at radius 2 is 1.89 bits per heavy atom. The molecule has 5 rings (SSSR count). The second-order valence-electron chi connectivity index (χ2n) is 9.31. The molecule has 0 unspecified atom stereocenters. The number of aromatic nitrogens is 5. The van der Waals surface area contributed by atoms with E-state index in [1.54, 1.807) is 25.4 Å². The molecule has 3 aromatic heterocycles. The van der Waals surface area contributed by atoms with Crippen LogP contribution >= 0.6 is 27.3 Å². The van der Waals surface area contributed by atoms with Crippen LogP contribution in [0, 0.1) is 13.8 Å². The molecule has 4 aromatic rings. The van der Waals surface area contributed by atoms with Gasteiger partial charge in [-0.05, 0) is 47.5 Å². The first-order valence-electron chi connectivity index (χ1n) is 12.0. The van der Waals surface area contributed by atoms with Gasteiger partial charge in [-0.15, -0.1) is 11.3 Å². The minimum Gasteiger partial charge on any atom is -0.328 e. The normalized spacial score (nSPS) is 17.3. The smallest absolute Gasteiger partial charge is 0.245 e. The lowest BCUT2D eigenvalue weighted by Gasteiger charge is -2.23. The number of aryl methyl sites for hydroxylation is 2. The average Bonchev–Trinajstić information content (AvgIpc) is 3.54. The van der Waals surface area contributed by atoms with Gasteiger partial charge in [-0.25, -0.2) is 19.3 Å². The minimum atomic E-state index is -1.29. The summed E-state index contributed by atoms with van der Waals surface area (Å²) in [6.07, 6.45) is 2.10. The number of Topliss-reactive ketones (excluding diaryl/α,β-unsaturated/α-hetero) is 2. The van der Waals surface area contributed by atoms with Crippen LogP contribution in [0.3, 0.4) is 0 Å². The zero-order valence-corrected chi connectivity index (χ0v) is 23.3. The Morgan fingerprint density at radius 1 is 1.16 bits per heavy atom. The summed E-state index contributed by atoms with van der Waals surface area (Å²) in [4.78, 5) is 53.8. The molecule has 1 amide bonds. The molecule has 0 saturated carbocycles. The van der Waals surface area contributed by atoms with Crippen molar-refractivity contribution in [3.8, 4) is 11.1 Å². The molecule has 38 heavy (non-hydrogen) atoms. The fourth-order valence-corrected chi connectivity index (χ4v) is 6.05. The molecule has 1 aliphatic heterocycles. The number of amides is 1. The SMILES string of the molecule is CC(=O)c1nn(CC(=O)N2C[C@H](F)C[C@H]2C(=O)Cc2nc(Br)c(C)s2)c2ccc(-c3cnc(C)nc3)cc12. The number of thiazole rings is 1. The Morgan fingerprint density at radius 3 is 2.55 bits per heavy atom. The number of benzene rings is 1. The Kier molecular flexibility index (Phi) is 7.19. The molecule has 1 aliphatic rings. The maximum atomic E-state index is 14.4. The Hall–Kier alpha value is -3.38. The maximum Gasteiger partial charge on any atom is 0.245 e. The number of ketones is 2. The fourth-order valence-electron chi connectivity index (χ4n) is 4.64. The van der Waals surface area contributed by atoms with Crippen LogP contribution < -0.4 is 0 Å². The number of alkyl halides is 1. The predicted octanol–water partition coefficient (Wildman–Crippen LogP) is 4.28. The maximum absolute atomic E-state index is 14.4. The van der Waals surface area contributed by atoms with Crippen LogP contribution in [0.4, 0.5) is 4.39 Å². The Bertz CT molecular complexity index is 1550. The lowest BCUT2D eigenvalue weighted by Crippen LogP contribution is -2.43. The van der Waals surface area contributed by atoms with E-state index in [1.807, 2.05) is 19.1 Å². The van der Waals surface area contributed by atoms with Crippen molar-refractivity contribution in [2.45, 2.75) is 52.4 Å². The number of rotatable bonds is 7. The van der Waals surface area contributed by atoms with Crippen LogP contribution in [0.1, 0.15) is 39.5 Å². The zero-order valence-electron chi connectivity index (χ0n) is 20.9. The molecule has 0 spiro atoms. The highest BCUT2D eigenvalue weighted by Gasteiger charge is 2.40. The molecular weight excluding hydrogens is 575 g/mol. The molecule has 1 aromatic carbocycles. The summed E-state index contributed by atoms with van der Waals surface area (Å²) >= 11 is 4.74. The first-order chi connectivity index (χ1) is 18.1. The lowest BCUT2D eigenvalue weighted by molar-refractivity contribution is -0.138. The first kappa shape index (κ1) is 26.2. The average molecular weight is 599 g/mol. The number of likely N-dealkylation sites (tertiary alicyclic amines) is 1. The zero-order chi connectivity index (χ0) is 27.1. The Balaban J connectivity index is 1.41. The number of carbonyl (C=O) groups excluding carboxylic acids is 3. The van der Waals surface area contributed by atoms with Crippen molar-refractivity contribution in [3.05, 3.63) is 56.6 Å². The predicted molar refractivity (Wildman–Crippen MR) is 144 cm³/mol. The first-order valence-corrected chi connectivity index (χ1v) is 13.6. The standard InChI is InChI=1S/C26H24BrFN6O3S/c1-13(35)25-19-6-16(17-9-29-15(3)30-10-17)4-5-20(19)34(32-25)12-24(37)33-11-18(28)7-21(33)22(36)8-23-31-26(27)14(2)38-23/h4-6,9-10,18,21H,7-8,11-12H2,1-3H3/t18-,21+/m1/s1. The van der Waals surface area contributed by atoms with Crippen LogP contribution in [0.2, 0.25) is 0 Å². The van der Waals surface area contributed by atoms with Gasteiger partial charge in [-0.2, -0.15) is 5.10 Å². The van der Waals surface area contributed by atoms with Crippen LogP contribution in [0.25, 0.3) is 22.0 Å². The molecule has 9 nitrogen and oxygen atoms in total. The number of hydrogen-bond acceptors (Lipinski definition) is 8. The van der Waals surface area contributed by atoms with Crippen molar-refractivity contribution >= 4 is 55.6 Å². The van der Waals surface area contributed by atoms with Gasteiger partial charge in [0.15, 0.2) is 11.6 Å². The molecule has 0 bridgehead atoms. The van der Waals surface area contributed by atoms with E-state index in [4.69, 9.17) is 0 Å². The van der Waals surface area contributed by atoms with Crippen LogP contribution in [0.5, 0.6) is 0 Å². The van der Waals surface area contributed by atoms with Gasteiger partial charge in [-0.1, -0.05) is 6.07 Å². The number of carbonyl (C=O) groups is 3. The molecule has 12 heteroatoms. The molecule has 0 radical (unpaired) electrons. The van der Waals surface area contributed by atoms with E-state index in [2.05, 4.69) is 36.0 Å². The van der Waals surface area contributed by atoms with E-state index in [0.29, 0.717) is 26.3 Å². The topological polar surface area (TPSA) is 111 Å². The highest BCUT2D eigenvalue weighted by molar-refractivity contribution is 9.10. The summed E-state index contributed by atoms with van der Waals surface area (Å²) in [7, 11) is 0. The van der Waals surface area contributed by atoms with E-state index < -0.39 is 18.1 Å². The van der Waals surface area contributed by atoms with Gasteiger partial charge >= 0.3 is 0 Å². The number of hydrogen-bond donors (Lipinski definition) is 0. The number of halogens is 2. The summed E-state index contributed by atoms with van der Waals surface area (Å²) in [5.74, 6) is -0.286. The Labute approximate surface area is 230 Å². The second kappa shape index (κ2) is 10.4. The molecule has 196 valence electrons. The van der Waals surface area contributed by atoms with Crippen molar-refractivity contribution in [2.75, 3.05) is 6.54 Å². The van der Waals surface area contributed by atoms with Crippen molar-refractivity contribution in [3.63, 3.8) is 0 Å². The van der Waals surface area contributed by atoms with Crippen LogP contribution in [-0.4, -0.2) is 65.9 Å². The monoisotopic (exact) mass is 598 g/mol. The number of fused-ring (bicyclic) bond motifs is 1. The van der Waals surface area contributed by atoms with Gasteiger partial charge in [0.1, 0.15) is 33.8 Å². The molecular formula is C26H24BrFN6O3S. The highest BCUT2D eigenvalue weighted by Crippen LogP contribution is 2.29. The van der Waals surface area contributed by atoms with E-state index in [-0.39, 0.29) is 43.2 Å². The minimum absolute atomic E-state index is 0.0307. The van der Waals surface area contributed by atoms with Crippen molar-refractivity contribution in [2.24, 2.45) is 0 Å². The van der Waals surface area contributed by atoms with E-state index in [1.165, 1.54) is 27.8 Å². The fraction of sp³-hybridized carbons (Fsp3) is 0.346. The van der Waals surface area contributed by atoms with Gasteiger partial charge in [0.05, 0.1) is 24.5 Å². The van der Waals surface area contributed by atoms with Crippen molar-refractivity contribution in [1.82, 2.24) is 29.6 Å². The summed E-state index contributed by atoms with van der Waals surface area (Å²) in [5.41, 5.74) is 2.40. The van der Waals surface area contributed by atoms with Gasteiger partial charge in [0.25, 0.3) is 0 Å². The van der Waals surface area contributed by atoms with Crippen LogP contribution in [-0.2, 0) is 22.6 Å². The van der Waals surface area contributed by atoms with E-state index in [9.17, 15) is 18.8 Å². The largest absolute Gasteiger partial charge is 0.328 e. The quantitative estimate of drug-likeness (QED) is 0.292. The molecule has 0 aliphatic carbocycles. The number of nitrogens with zero attached hydrogens (tertiary/aromatic N) is 6. The third kappa shape index (κ3) is 5.14. The summed E-state index contributed by atoms with van der Waals surface area (Å²) in [6.45, 7) is 4.71. The summed E-state index contributed by atoms with van der Waals surface area (Å²) in [6, 6.07) is 4.58. The molecule has 4 heterocycles. The van der Waals surface area contributed by atoms with Gasteiger partial charge < -0.3 is 4.90 Å². The van der Waals surface area contributed by atoms with Gasteiger partial charge in [0.2, 0.25) is 5.91 Å². The lowest BCUT2D eigenvalue weighted by atomic mass is 10.0. The highest BCUT2D eigenvalue weighted by atomic mass is 79.9. The molecule has 2 atom stereocenters. The van der Waals surface area contributed by atoms with E-state index >= 15 is 0 Å². The second-order valence-corrected chi connectivity index (χ2v) is 11.3. The third-order valence-electron chi connectivity index (χ3n) is 6.54. The summed E-state index contributed by atoms with van der Waals surface area (Å²) < 4.78 is 16.6. The van der Waals surface area contributed by atoms with E-state index in [0.717, 1.165) is 16.0 Å². The van der Waals surface area contributed by atoms with Crippen molar-refractivity contribution in [1.29, 1.82) is 0 Å².